The summed E-state index contributed by atoms with van der Waals surface area (Å²) in [5.41, 5.74) is 0.448. The Balaban J connectivity index is 1.97. The maximum Gasteiger partial charge on any atom is 0.252 e. The average molecular weight is 387 g/mol. The fourth-order valence-electron chi connectivity index (χ4n) is 3.34. The van der Waals surface area contributed by atoms with E-state index in [4.69, 9.17) is 0 Å². The zero-order valence-electron chi connectivity index (χ0n) is 16.6. The molecule has 7 nitrogen and oxygen atoms in total. The molecule has 3 amide bonds. The van der Waals surface area contributed by atoms with E-state index in [2.05, 4.69) is 19.2 Å². The van der Waals surface area contributed by atoms with Crippen molar-refractivity contribution in [2.24, 2.45) is 0 Å². The first-order valence-corrected chi connectivity index (χ1v) is 9.90. The molecular formula is C21H29N3O4. The standard InChI is InChI=1S/C21H29N3O4/c1-3-12-23(13-4-2)15-19(26)22-17-10-11-20(27)24(21(17)28)14-18(25)16-8-6-5-7-9-16/h5-9,17H,3-4,10-15H2,1-2H3,(H,22,26). The van der Waals surface area contributed by atoms with Crippen LogP contribution in [0.15, 0.2) is 30.3 Å². The number of rotatable bonds is 10. The number of piperidine rings is 1. The number of hydrogen-bond donors (Lipinski definition) is 1. The van der Waals surface area contributed by atoms with Crippen LogP contribution in [0.4, 0.5) is 0 Å². The molecule has 1 aliphatic heterocycles. The largest absolute Gasteiger partial charge is 0.343 e. The molecule has 0 aromatic heterocycles. The van der Waals surface area contributed by atoms with E-state index in [1.807, 2.05) is 4.90 Å². The Labute approximate surface area is 166 Å². The molecule has 1 saturated heterocycles. The maximum atomic E-state index is 12.7. The summed E-state index contributed by atoms with van der Waals surface area (Å²) in [4.78, 5) is 52.7. The highest BCUT2D eigenvalue weighted by atomic mass is 16.2. The molecule has 0 radical (unpaired) electrons. The smallest absolute Gasteiger partial charge is 0.252 e. The Morgan fingerprint density at radius 2 is 1.75 bits per heavy atom. The highest BCUT2D eigenvalue weighted by Crippen LogP contribution is 2.15. The van der Waals surface area contributed by atoms with E-state index in [0.717, 1.165) is 30.8 Å². The summed E-state index contributed by atoms with van der Waals surface area (Å²) in [6.45, 7) is 5.66. The normalized spacial score (nSPS) is 17.1. The van der Waals surface area contributed by atoms with E-state index in [0.29, 0.717) is 5.56 Å². The van der Waals surface area contributed by atoms with Crippen molar-refractivity contribution in [3.05, 3.63) is 35.9 Å². The molecule has 1 heterocycles. The summed E-state index contributed by atoms with van der Waals surface area (Å²) in [6, 6.07) is 7.79. The third-order valence-electron chi connectivity index (χ3n) is 4.69. The second-order valence-corrected chi connectivity index (χ2v) is 7.04. The van der Waals surface area contributed by atoms with Crippen molar-refractivity contribution in [2.75, 3.05) is 26.2 Å². The van der Waals surface area contributed by atoms with Gasteiger partial charge in [-0.2, -0.15) is 0 Å². The van der Waals surface area contributed by atoms with Crippen molar-refractivity contribution < 1.29 is 19.2 Å². The third-order valence-corrected chi connectivity index (χ3v) is 4.69. The minimum absolute atomic E-state index is 0.131. The highest BCUT2D eigenvalue weighted by Gasteiger charge is 2.36. The molecule has 0 bridgehead atoms. The predicted octanol–water partition coefficient (Wildman–Crippen LogP) is 1.63. The Morgan fingerprint density at radius 1 is 1.11 bits per heavy atom. The van der Waals surface area contributed by atoms with Crippen LogP contribution >= 0.6 is 0 Å². The van der Waals surface area contributed by atoms with Gasteiger partial charge in [0.05, 0.1) is 13.1 Å². The summed E-state index contributed by atoms with van der Waals surface area (Å²) in [6.07, 6.45) is 2.28. The summed E-state index contributed by atoms with van der Waals surface area (Å²) < 4.78 is 0. The van der Waals surface area contributed by atoms with Gasteiger partial charge in [-0.3, -0.25) is 29.0 Å². The van der Waals surface area contributed by atoms with E-state index >= 15 is 0 Å². The molecule has 1 aliphatic rings. The predicted molar refractivity (Wildman–Crippen MR) is 106 cm³/mol. The molecule has 1 fully saturated rings. The molecule has 152 valence electrons. The van der Waals surface area contributed by atoms with Gasteiger partial charge in [0, 0.05) is 12.0 Å². The topological polar surface area (TPSA) is 86.8 Å². The van der Waals surface area contributed by atoms with Crippen LogP contribution in [-0.2, 0) is 14.4 Å². The van der Waals surface area contributed by atoms with Crippen molar-refractivity contribution >= 4 is 23.5 Å². The number of nitrogens with one attached hydrogen (secondary N) is 1. The van der Waals surface area contributed by atoms with Crippen LogP contribution in [0.5, 0.6) is 0 Å². The van der Waals surface area contributed by atoms with Crippen LogP contribution in [0, 0.1) is 0 Å². The second kappa shape index (κ2) is 10.7. The zero-order valence-corrected chi connectivity index (χ0v) is 16.6. The summed E-state index contributed by atoms with van der Waals surface area (Å²) in [7, 11) is 0. The number of imide groups is 1. The molecular weight excluding hydrogens is 358 g/mol. The van der Waals surface area contributed by atoms with Crippen LogP contribution in [0.25, 0.3) is 0 Å². The number of hydrogen-bond acceptors (Lipinski definition) is 5. The number of nitrogens with zero attached hydrogens (tertiary/aromatic N) is 2. The Hall–Kier alpha value is -2.54. The zero-order chi connectivity index (χ0) is 20.5. The SMILES string of the molecule is CCCN(CCC)CC(=O)NC1CCC(=O)N(CC(=O)c2ccccc2)C1=O. The lowest BCUT2D eigenvalue weighted by molar-refractivity contribution is -0.150. The molecule has 0 aliphatic carbocycles. The lowest BCUT2D eigenvalue weighted by atomic mass is 10.0. The molecule has 1 atom stereocenters. The molecule has 1 N–H and O–H groups in total. The third kappa shape index (κ3) is 5.99. The molecule has 1 aromatic rings. The van der Waals surface area contributed by atoms with Gasteiger partial charge in [-0.1, -0.05) is 44.2 Å². The number of carbonyl (C=O) groups is 4. The first-order chi connectivity index (χ1) is 13.5. The minimum Gasteiger partial charge on any atom is -0.343 e. The van der Waals surface area contributed by atoms with Crippen molar-refractivity contribution in [3.8, 4) is 0 Å². The fraction of sp³-hybridized carbons (Fsp3) is 0.524. The van der Waals surface area contributed by atoms with Crippen molar-refractivity contribution in [3.63, 3.8) is 0 Å². The van der Waals surface area contributed by atoms with Crippen LogP contribution in [0.2, 0.25) is 0 Å². The van der Waals surface area contributed by atoms with Gasteiger partial charge >= 0.3 is 0 Å². The summed E-state index contributed by atoms with van der Waals surface area (Å²) in [5.74, 6) is -1.42. The molecule has 0 spiro atoms. The highest BCUT2D eigenvalue weighted by molar-refractivity contribution is 6.07. The second-order valence-electron chi connectivity index (χ2n) is 7.04. The lowest BCUT2D eigenvalue weighted by Crippen LogP contribution is -2.56. The number of carbonyl (C=O) groups excluding carboxylic acids is 4. The number of likely N-dealkylation sites (tertiary alicyclic amines) is 1. The van der Waals surface area contributed by atoms with Gasteiger partial charge in [0.25, 0.3) is 5.91 Å². The van der Waals surface area contributed by atoms with Crippen molar-refractivity contribution in [1.29, 1.82) is 0 Å². The first kappa shape index (κ1) is 21.8. The molecule has 2 rings (SSSR count). The van der Waals surface area contributed by atoms with Gasteiger partial charge in [0.1, 0.15) is 6.04 Å². The number of benzene rings is 1. The molecule has 7 heteroatoms. The average Bonchev–Trinajstić information content (AvgIpc) is 2.68. The van der Waals surface area contributed by atoms with Gasteiger partial charge in [-0.25, -0.2) is 0 Å². The van der Waals surface area contributed by atoms with Crippen LogP contribution in [0.1, 0.15) is 49.9 Å². The number of amides is 3. The van der Waals surface area contributed by atoms with Crippen LogP contribution in [-0.4, -0.2) is 65.5 Å². The van der Waals surface area contributed by atoms with Gasteiger partial charge in [0.2, 0.25) is 11.8 Å². The Bertz CT molecular complexity index is 699. The van der Waals surface area contributed by atoms with Gasteiger partial charge in [0.15, 0.2) is 5.78 Å². The van der Waals surface area contributed by atoms with Gasteiger partial charge in [-0.15, -0.1) is 0 Å². The van der Waals surface area contributed by atoms with E-state index in [-0.39, 0.29) is 43.5 Å². The summed E-state index contributed by atoms with van der Waals surface area (Å²) >= 11 is 0. The minimum atomic E-state index is -0.765. The molecule has 0 saturated carbocycles. The van der Waals surface area contributed by atoms with Crippen molar-refractivity contribution in [2.45, 2.75) is 45.6 Å². The maximum absolute atomic E-state index is 12.7. The van der Waals surface area contributed by atoms with E-state index < -0.39 is 11.9 Å². The molecule has 1 aromatic carbocycles. The van der Waals surface area contributed by atoms with E-state index in [1.54, 1.807) is 30.3 Å². The van der Waals surface area contributed by atoms with E-state index in [9.17, 15) is 19.2 Å². The Kier molecular flexibility index (Phi) is 8.32. The van der Waals surface area contributed by atoms with E-state index in [1.165, 1.54) is 0 Å². The fourth-order valence-corrected chi connectivity index (χ4v) is 3.34. The Morgan fingerprint density at radius 3 is 2.36 bits per heavy atom. The number of Topliss-reactive ketones (excluding diaryl/α,β-unsaturated/α-hetero) is 1. The van der Waals surface area contributed by atoms with Crippen LogP contribution in [0.3, 0.4) is 0 Å². The van der Waals surface area contributed by atoms with Gasteiger partial charge in [-0.05, 0) is 32.4 Å². The monoisotopic (exact) mass is 387 g/mol. The quantitative estimate of drug-likeness (QED) is 0.487. The lowest BCUT2D eigenvalue weighted by Gasteiger charge is -2.31. The van der Waals surface area contributed by atoms with Crippen LogP contribution < -0.4 is 5.32 Å². The molecule has 28 heavy (non-hydrogen) atoms. The first-order valence-electron chi connectivity index (χ1n) is 9.90. The van der Waals surface area contributed by atoms with Crippen molar-refractivity contribution in [1.82, 2.24) is 15.1 Å². The van der Waals surface area contributed by atoms with Gasteiger partial charge < -0.3 is 5.32 Å². The molecule has 1 unspecified atom stereocenters. The number of ketones is 1. The summed E-state index contributed by atoms with van der Waals surface area (Å²) in [5, 5.41) is 2.74.